The zero-order valence-corrected chi connectivity index (χ0v) is 18.3. The molecule has 32 heavy (non-hydrogen) atoms. The molecule has 164 valence electrons. The van der Waals surface area contributed by atoms with E-state index in [2.05, 4.69) is 15.3 Å². The van der Waals surface area contributed by atoms with Crippen LogP contribution in [0, 0.1) is 5.41 Å². The van der Waals surface area contributed by atoms with Crippen LogP contribution in [-0.4, -0.2) is 34.7 Å². The highest BCUT2D eigenvalue weighted by Crippen LogP contribution is 2.41. The molecule has 0 aliphatic heterocycles. The van der Waals surface area contributed by atoms with Crippen molar-refractivity contribution in [1.29, 1.82) is 0 Å². The van der Waals surface area contributed by atoms with E-state index < -0.39 is 11.4 Å². The van der Waals surface area contributed by atoms with Crippen molar-refractivity contribution in [2.45, 2.75) is 33.1 Å². The number of fused-ring (bicyclic) bond motifs is 1. The highest BCUT2D eigenvalue weighted by Gasteiger charge is 2.44. The number of H-pyrrole nitrogens is 1. The number of hydrogen-bond donors (Lipinski definition) is 2. The van der Waals surface area contributed by atoms with Crippen LogP contribution in [0.2, 0.25) is 0 Å². The molecular weight excluding hydrogens is 406 g/mol. The first-order valence-electron chi connectivity index (χ1n) is 10.4. The summed E-state index contributed by atoms with van der Waals surface area (Å²) < 4.78 is 4.97. The SMILES string of the molecule is COC(=O)C1(C)CC(=O)c2c([nH]c(-c3ccnc(NC(C)=O)c3)c2Cc2ccccc2)C1. The van der Waals surface area contributed by atoms with Crippen LogP contribution in [0.3, 0.4) is 0 Å². The molecule has 2 aromatic heterocycles. The van der Waals surface area contributed by atoms with Gasteiger partial charge < -0.3 is 15.0 Å². The molecule has 0 radical (unpaired) electrons. The molecule has 2 heterocycles. The topological polar surface area (TPSA) is 101 Å². The Morgan fingerprint density at radius 2 is 1.94 bits per heavy atom. The lowest BCUT2D eigenvalue weighted by Gasteiger charge is -2.29. The number of Topliss-reactive ketones (excluding diaryl/α,β-unsaturated/α-hetero) is 1. The van der Waals surface area contributed by atoms with Crippen molar-refractivity contribution in [2.24, 2.45) is 5.41 Å². The summed E-state index contributed by atoms with van der Waals surface area (Å²) in [6.07, 6.45) is 2.65. The smallest absolute Gasteiger partial charge is 0.312 e. The third-order valence-corrected chi connectivity index (χ3v) is 5.83. The van der Waals surface area contributed by atoms with Gasteiger partial charge in [0.2, 0.25) is 5.91 Å². The number of amides is 1. The summed E-state index contributed by atoms with van der Waals surface area (Å²) >= 11 is 0. The molecule has 3 aromatic rings. The van der Waals surface area contributed by atoms with Gasteiger partial charge in [0.05, 0.1) is 18.2 Å². The van der Waals surface area contributed by atoms with Gasteiger partial charge in [0.15, 0.2) is 5.78 Å². The number of benzene rings is 1. The first kappa shape index (κ1) is 21.5. The van der Waals surface area contributed by atoms with Gasteiger partial charge in [-0.2, -0.15) is 0 Å². The first-order chi connectivity index (χ1) is 15.3. The second-order valence-electron chi connectivity index (χ2n) is 8.43. The number of carbonyl (C=O) groups excluding carboxylic acids is 3. The molecule has 1 aliphatic carbocycles. The summed E-state index contributed by atoms with van der Waals surface area (Å²) in [5, 5.41) is 2.70. The van der Waals surface area contributed by atoms with Gasteiger partial charge in [0, 0.05) is 49.2 Å². The quantitative estimate of drug-likeness (QED) is 0.596. The molecule has 0 spiro atoms. The van der Waals surface area contributed by atoms with E-state index in [4.69, 9.17) is 4.74 Å². The molecular formula is C25H25N3O4. The van der Waals surface area contributed by atoms with Gasteiger partial charge in [0.1, 0.15) is 5.82 Å². The number of esters is 1. The van der Waals surface area contributed by atoms with Crippen LogP contribution in [-0.2, 0) is 27.2 Å². The van der Waals surface area contributed by atoms with Crippen LogP contribution in [0.15, 0.2) is 48.7 Å². The van der Waals surface area contributed by atoms with Crippen molar-refractivity contribution in [3.05, 3.63) is 71.0 Å². The molecule has 7 heteroatoms. The van der Waals surface area contributed by atoms with Crippen molar-refractivity contribution >= 4 is 23.5 Å². The van der Waals surface area contributed by atoms with E-state index in [1.165, 1.54) is 14.0 Å². The summed E-state index contributed by atoms with van der Waals surface area (Å²) in [5.41, 5.74) is 4.00. The molecule has 4 rings (SSSR count). The van der Waals surface area contributed by atoms with Crippen molar-refractivity contribution in [3.63, 3.8) is 0 Å². The molecule has 1 amide bonds. The first-order valence-corrected chi connectivity index (χ1v) is 10.4. The number of ketones is 1. The monoisotopic (exact) mass is 431 g/mol. The molecule has 0 fully saturated rings. The van der Waals surface area contributed by atoms with Gasteiger partial charge >= 0.3 is 5.97 Å². The van der Waals surface area contributed by atoms with Crippen LogP contribution in [0.4, 0.5) is 5.82 Å². The van der Waals surface area contributed by atoms with Crippen molar-refractivity contribution < 1.29 is 19.1 Å². The van der Waals surface area contributed by atoms with Gasteiger partial charge in [-0.3, -0.25) is 14.4 Å². The largest absolute Gasteiger partial charge is 0.469 e. The van der Waals surface area contributed by atoms with Crippen LogP contribution >= 0.6 is 0 Å². The van der Waals surface area contributed by atoms with Gasteiger partial charge in [-0.15, -0.1) is 0 Å². The number of nitrogens with one attached hydrogen (secondary N) is 2. The van der Waals surface area contributed by atoms with Crippen LogP contribution in [0.1, 0.15) is 47.4 Å². The summed E-state index contributed by atoms with van der Waals surface area (Å²) in [4.78, 5) is 44.8. The third-order valence-electron chi connectivity index (χ3n) is 5.83. The molecule has 2 N–H and O–H groups in total. The number of nitrogens with zero attached hydrogens (tertiary/aromatic N) is 1. The maximum atomic E-state index is 13.3. The maximum absolute atomic E-state index is 13.3. The molecule has 1 atom stereocenters. The highest BCUT2D eigenvalue weighted by atomic mass is 16.5. The molecule has 1 aliphatic rings. The zero-order chi connectivity index (χ0) is 22.9. The number of carbonyl (C=O) groups is 3. The number of aromatic nitrogens is 2. The van der Waals surface area contributed by atoms with Gasteiger partial charge in [-0.25, -0.2) is 4.98 Å². The minimum absolute atomic E-state index is 0.0799. The van der Waals surface area contributed by atoms with E-state index in [0.717, 1.165) is 28.1 Å². The zero-order valence-electron chi connectivity index (χ0n) is 18.3. The minimum atomic E-state index is -0.912. The number of methoxy groups -OCH3 is 1. The summed E-state index contributed by atoms with van der Waals surface area (Å²) in [5.74, 6) is -0.259. The Labute approximate surface area is 186 Å². The van der Waals surface area contributed by atoms with Crippen molar-refractivity contribution in [2.75, 3.05) is 12.4 Å². The summed E-state index contributed by atoms with van der Waals surface area (Å²) in [6, 6.07) is 13.5. The average Bonchev–Trinajstić information content (AvgIpc) is 3.11. The van der Waals surface area contributed by atoms with Crippen molar-refractivity contribution in [1.82, 2.24) is 9.97 Å². The molecule has 7 nitrogen and oxygen atoms in total. The average molecular weight is 431 g/mol. The van der Waals surface area contributed by atoms with E-state index in [1.807, 2.05) is 36.4 Å². The number of rotatable bonds is 5. The highest BCUT2D eigenvalue weighted by molar-refractivity contribution is 6.04. The Balaban J connectivity index is 1.85. The molecule has 1 aromatic carbocycles. The molecule has 0 bridgehead atoms. The summed E-state index contributed by atoms with van der Waals surface area (Å²) in [7, 11) is 1.34. The lowest BCUT2D eigenvalue weighted by molar-refractivity contribution is -0.151. The van der Waals surface area contributed by atoms with Crippen LogP contribution in [0.5, 0.6) is 0 Å². The number of pyridine rings is 1. The number of ether oxygens (including phenoxy) is 1. The van der Waals surface area contributed by atoms with Crippen LogP contribution in [0.25, 0.3) is 11.3 Å². The Kier molecular flexibility index (Phi) is 5.65. The molecule has 0 saturated carbocycles. The number of anilines is 1. The lowest BCUT2D eigenvalue weighted by atomic mass is 9.73. The van der Waals surface area contributed by atoms with Gasteiger partial charge in [-0.1, -0.05) is 30.3 Å². The van der Waals surface area contributed by atoms with E-state index in [-0.39, 0.29) is 18.1 Å². The predicted octanol–water partition coefficient (Wildman–Crippen LogP) is 3.93. The van der Waals surface area contributed by atoms with Crippen LogP contribution < -0.4 is 5.32 Å². The molecule has 1 unspecified atom stereocenters. The normalized spacial score (nSPS) is 17.5. The fraction of sp³-hybridized carbons (Fsp3) is 0.280. The summed E-state index contributed by atoms with van der Waals surface area (Å²) in [6.45, 7) is 3.19. The fourth-order valence-electron chi connectivity index (χ4n) is 4.41. The number of hydrogen-bond acceptors (Lipinski definition) is 5. The lowest BCUT2D eigenvalue weighted by Crippen LogP contribution is -2.37. The standard InChI is InChI=1S/C25H25N3O4/c1-15(29)27-21-12-17(9-10-26-21)23-18(11-16-7-5-4-6-8-16)22-19(28-23)13-25(2,14-20(22)30)24(31)32-3/h4-10,12,28H,11,13-14H2,1-3H3,(H,26,27,29). The second kappa shape index (κ2) is 8.42. The fourth-order valence-corrected chi connectivity index (χ4v) is 4.41. The maximum Gasteiger partial charge on any atom is 0.312 e. The van der Waals surface area contributed by atoms with Gasteiger partial charge in [0.25, 0.3) is 0 Å². The van der Waals surface area contributed by atoms with E-state index in [0.29, 0.717) is 24.2 Å². The Morgan fingerprint density at radius 3 is 2.62 bits per heavy atom. The Hall–Kier alpha value is -3.74. The number of aromatic amines is 1. The second-order valence-corrected chi connectivity index (χ2v) is 8.43. The van der Waals surface area contributed by atoms with E-state index in [9.17, 15) is 14.4 Å². The van der Waals surface area contributed by atoms with Gasteiger partial charge in [-0.05, 0) is 30.2 Å². The third kappa shape index (κ3) is 4.06. The Morgan fingerprint density at radius 1 is 1.19 bits per heavy atom. The predicted molar refractivity (Wildman–Crippen MR) is 120 cm³/mol. The Bertz CT molecular complexity index is 1200. The minimum Gasteiger partial charge on any atom is -0.469 e. The van der Waals surface area contributed by atoms with E-state index >= 15 is 0 Å². The van der Waals surface area contributed by atoms with E-state index in [1.54, 1.807) is 19.2 Å². The van der Waals surface area contributed by atoms with Crippen molar-refractivity contribution in [3.8, 4) is 11.3 Å². The molecule has 0 saturated heterocycles.